The molecule has 3 aliphatic rings. The summed E-state index contributed by atoms with van der Waals surface area (Å²) in [4.78, 5) is 13.8. The zero-order valence-electron chi connectivity index (χ0n) is 21.9. The average Bonchev–Trinajstić information content (AvgIpc) is 3.59. The van der Waals surface area contributed by atoms with Gasteiger partial charge in [-0.25, -0.2) is 0 Å². The second kappa shape index (κ2) is 9.89. The van der Waals surface area contributed by atoms with E-state index in [1.165, 1.54) is 13.2 Å². The van der Waals surface area contributed by atoms with Gasteiger partial charge in [0.2, 0.25) is 0 Å². The van der Waals surface area contributed by atoms with E-state index in [9.17, 15) is 18.0 Å². The van der Waals surface area contributed by atoms with E-state index in [4.69, 9.17) is 14.2 Å². The second-order valence-corrected chi connectivity index (χ2v) is 10.5. The van der Waals surface area contributed by atoms with Crippen molar-refractivity contribution >= 4 is 5.97 Å². The number of carbonyl (C=O) groups excluding carboxylic acids is 1. The molecular formula is C29H30F3N3O4. The average molecular weight is 542 g/mol. The Morgan fingerprint density at radius 1 is 1.18 bits per heavy atom. The first-order valence-electron chi connectivity index (χ1n) is 13.2. The van der Waals surface area contributed by atoms with E-state index in [2.05, 4.69) is 10.00 Å². The number of rotatable bonds is 6. The first kappa shape index (κ1) is 25.7. The molecule has 0 amide bonds. The molecule has 0 unspecified atom stereocenters. The van der Waals surface area contributed by atoms with Gasteiger partial charge in [-0.2, -0.15) is 18.3 Å². The molecule has 6 rings (SSSR count). The molecule has 7 nitrogen and oxygen atoms in total. The number of methoxy groups -OCH3 is 1. The highest BCUT2D eigenvalue weighted by molar-refractivity contribution is 5.71. The van der Waals surface area contributed by atoms with E-state index in [0.717, 1.165) is 34.4 Å². The molecule has 3 aromatic rings. The highest BCUT2D eigenvalue weighted by Crippen LogP contribution is 2.44. The Hall–Kier alpha value is -3.53. The third-order valence-corrected chi connectivity index (χ3v) is 7.99. The monoisotopic (exact) mass is 541 g/mol. The SMILES string of the molecule is COC(=O)C[C@@H]1COc2cc(O[C@@H]3CCc4c3ccc(C(F)(F)F)c4CN3CCc4nn(C)cc4C3)ccc21. The third kappa shape index (κ3) is 4.97. The second-order valence-electron chi connectivity index (χ2n) is 10.5. The van der Waals surface area contributed by atoms with Gasteiger partial charge in [0.05, 0.1) is 31.4 Å². The number of fused-ring (bicyclic) bond motifs is 3. The fourth-order valence-corrected chi connectivity index (χ4v) is 6.12. The highest BCUT2D eigenvalue weighted by Gasteiger charge is 2.38. The zero-order chi connectivity index (χ0) is 27.3. The number of nitrogens with zero attached hydrogens (tertiary/aromatic N) is 3. The van der Waals surface area contributed by atoms with E-state index < -0.39 is 11.7 Å². The number of ether oxygens (including phenoxy) is 3. The predicted molar refractivity (Wildman–Crippen MR) is 135 cm³/mol. The Morgan fingerprint density at radius 3 is 2.79 bits per heavy atom. The van der Waals surface area contributed by atoms with Gasteiger partial charge in [0.15, 0.2) is 0 Å². The van der Waals surface area contributed by atoms with Gasteiger partial charge in [-0.1, -0.05) is 12.1 Å². The molecule has 2 atom stereocenters. The lowest BCUT2D eigenvalue weighted by Crippen LogP contribution is -2.31. The lowest BCUT2D eigenvalue weighted by atomic mass is 9.95. The molecule has 0 saturated heterocycles. The normalized spacial score (nSPS) is 20.2. The van der Waals surface area contributed by atoms with E-state index in [-0.39, 0.29) is 31.0 Å². The molecule has 0 radical (unpaired) electrons. The topological polar surface area (TPSA) is 65.8 Å². The number of carbonyl (C=O) groups is 1. The summed E-state index contributed by atoms with van der Waals surface area (Å²) in [7, 11) is 3.23. The van der Waals surface area contributed by atoms with Crippen LogP contribution in [-0.2, 0) is 48.7 Å². The van der Waals surface area contributed by atoms with E-state index in [1.807, 2.05) is 25.4 Å². The van der Waals surface area contributed by atoms with Crippen LogP contribution in [0.15, 0.2) is 36.5 Å². The van der Waals surface area contributed by atoms with Crippen LogP contribution < -0.4 is 9.47 Å². The van der Waals surface area contributed by atoms with Crippen LogP contribution in [0.25, 0.3) is 0 Å². The maximum absolute atomic E-state index is 14.1. The summed E-state index contributed by atoms with van der Waals surface area (Å²) in [5.74, 6) is 0.882. The van der Waals surface area contributed by atoms with Crippen LogP contribution in [0.5, 0.6) is 11.5 Å². The molecule has 0 saturated carbocycles. The summed E-state index contributed by atoms with van der Waals surface area (Å²) in [5.41, 5.74) is 4.34. The number of hydrogen-bond donors (Lipinski definition) is 0. The molecule has 10 heteroatoms. The summed E-state index contributed by atoms with van der Waals surface area (Å²) in [6.07, 6.45) is -0.757. The molecule has 206 valence electrons. The van der Waals surface area contributed by atoms with Gasteiger partial charge in [-0.3, -0.25) is 14.4 Å². The van der Waals surface area contributed by atoms with Crippen molar-refractivity contribution in [1.29, 1.82) is 0 Å². The molecule has 0 spiro atoms. The molecule has 1 aliphatic carbocycles. The number of aryl methyl sites for hydroxylation is 1. The van der Waals surface area contributed by atoms with Crippen LogP contribution in [0, 0.1) is 0 Å². The Balaban J connectivity index is 1.24. The first-order chi connectivity index (χ1) is 18.7. The van der Waals surface area contributed by atoms with Gasteiger partial charge >= 0.3 is 12.1 Å². The number of aromatic nitrogens is 2. The minimum atomic E-state index is -4.43. The van der Waals surface area contributed by atoms with Gasteiger partial charge in [0.25, 0.3) is 0 Å². The van der Waals surface area contributed by atoms with E-state index in [0.29, 0.717) is 49.6 Å². The Morgan fingerprint density at radius 2 is 2.00 bits per heavy atom. The van der Waals surface area contributed by atoms with E-state index in [1.54, 1.807) is 16.8 Å². The smallest absolute Gasteiger partial charge is 0.416 e. The number of alkyl halides is 3. The highest BCUT2D eigenvalue weighted by atomic mass is 19.4. The summed E-state index contributed by atoms with van der Waals surface area (Å²) in [6.45, 7) is 1.86. The fourth-order valence-electron chi connectivity index (χ4n) is 6.12. The number of benzene rings is 2. The number of hydrogen-bond acceptors (Lipinski definition) is 6. The van der Waals surface area contributed by atoms with Crippen molar-refractivity contribution in [2.45, 2.75) is 57.0 Å². The van der Waals surface area contributed by atoms with Gasteiger partial charge in [-0.05, 0) is 41.7 Å². The summed E-state index contributed by atoms with van der Waals surface area (Å²) < 4.78 is 61.0. The molecule has 0 bridgehead atoms. The number of esters is 1. The molecule has 39 heavy (non-hydrogen) atoms. The predicted octanol–water partition coefficient (Wildman–Crippen LogP) is 5.10. The van der Waals surface area contributed by atoms with Gasteiger partial charge in [0.1, 0.15) is 17.6 Å². The molecular weight excluding hydrogens is 511 g/mol. The summed E-state index contributed by atoms with van der Waals surface area (Å²) >= 11 is 0. The van der Waals surface area contributed by atoms with Gasteiger partial charge in [0, 0.05) is 62.4 Å². The minimum absolute atomic E-state index is 0.0745. The third-order valence-electron chi connectivity index (χ3n) is 7.99. The van der Waals surface area contributed by atoms with E-state index >= 15 is 0 Å². The summed E-state index contributed by atoms with van der Waals surface area (Å²) in [5, 5.41) is 4.46. The van der Waals surface area contributed by atoms with Crippen molar-refractivity contribution in [3.05, 3.63) is 75.6 Å². The van der Waals surface area contributed by atoms with Crippen molar-refractivity contribution in [1.82, 2.24) is 14.7 Å². The Kier molecular flexibility index (Phi) is 6.53. The molecule has 1 aromatic heterocycles. The van der Waals surface area contributed by atoms with Crippen molar-refractivity contribution < 1.29 is 32.2 Å². The zero-order valence-corrected chi connectivity index (χ0v) is 21.9. The molecule has 2 aliphatic heterocycles. The minimum Gasteiger partial charge on any atom is -0.492 e. The summed E-state index contributed by atoms with van der Waals surface area (Å²) in [6, 6.07) is 8.31. The Bertz CT molecular complexity index is 1420. The molecule has 2 aromatic carbocycles. The first-order valence-corrected chi connectivity index (χ1v) is 13.2. The fraction of sp³-hybridized carbons (Fsp3) is 0.448. The number of halogens is 3. The quantitative estimate of drug-likeness (QED) is 0.405. The largest absolute Gasteiger partial charge is 0.492 e. The van der Waals surface area contributed by atoms with Gasteiger partial charge in [-0.15, -0.1) is 0 Å². The van der Waals surface area contributed by atoms with Crippen molar-refractivity contribution in [3.8, 4) is 11.5 Å². The lowest BCUT2D eigenvalue weighted by Gasteiger charge is -2.28. The standard InChI is InChI=1S/C29H30F3N3O4/c1-34-13-18-14-35(10-9-25(18)33-34)15-23-21-6-8-26(22(21)5-7-24(23)29(30,31)32)39-19-3-4-20-17(11-28(36)37-2)16-38-27(20)12-19/h3-5,7,12-13,17,26H,6,8-11,14-16H2,1-2H3/t17-,26-/m1/s1. The lowest BCUT2D eigenvalue weighted by molar-refractivity contribution is -0.141. The van der Waals surface area contributed by atoms with Crippen LogP contribution in [0.2, 0.25) is 0 Å². The Labute approximate surface area is 224 Å². The molecule has 3 heterocycles. The van der Waals surface area contributed by atoms with Crippen molar-refractivity contribution in [2.24, 2.45) is 7.05 Å². The van der Waals surface area contributed by atoms with Crippen LogP contribution in [0.4, 0.5) is 13.2 Å². The van der Waals surface area contributed by atoms with Crippen LogP contribution in [0.1, 0.15) is 63.9 Å². The van der Waals surface area contributed by atoms with Crippen LogP contribution in [-0.4, -0.2) is 40.9 Å². The van der Waals surface area contributed by atoms with Crippen molar-refractivity contribution in [3.63, 3.8) is 0 Å². The van der Waals surface area contributed by atoms with Crippen LogP contribution >= 0.6 is 0 Å². The molecule has 0 fully saturated rings. The molecule has 0 N–H and O–H groups in total. The van der Waals surface area contributed by atoms with Crippen LogP contribution in [0.3, 0.4) is 0 Å². The van der Waals surface area contributed by atoms with Crippen molar-refractivity contribution in [2.75, 3.05) is 20.3 Å². The maximum atomic E-state index is 14.1. The maximum Gasteiger partial charge on any atom is 0.416 e. The van der Waals surface area contributed by atoms with Gasteiger partial charge < -0.3 is 14.2 Å².